The van der Waals surface area contributed by atoms with Gasteiger partial charge in [-0.25, -0.2) is 24.1 Å². The fourth-order valence-electron chi connectivity index (χ4n) is 5.16. The molecule has 0 unspecified atom stereocenters. The average Bonchev–Trinajstić information content (AvgIpc) is 3.86. The number of carbonyl (C=O) groups excluding carboxylic acids is 1. The van der Waals surface area contributed by atoms with Gasteiger partial charge in [-0.05, 0) is 60.5 Å². The zero-order valence-electron chi connectivity index (χ0n) is 44.2. The second-order valence-electron chi connectivity index (χ2n) is 22.4. The monoisotopic (exact) mass is 1070 g/mol. The van der Waals surface area contributed by atoms with Crippen LogP contribution in [0.2, 0.25) is 87.6 Å². The van der Waals surface area contributed by atoms with Crippen LogP contribution in [-0.2, 0) is 59.9 Å². The number of esters is 1. The first kappa shape index (κ1) is 60.3. The first-order valence-electron chi connectivity index (χ1n) is 23.0. The number of alkyl halides is 3. The molecule has 4 aromatic heterocycles. The summed E-state index contributed by atoms with van der Waals surface area (Å²) in [6, 6.07) is 11.2. The van der Waals surface area contributed by atoms with Crippen molar-refractivity contribution >= 4 is 72.1 Å². The van der Waals surface area contributed by atoms with E-state index >= 15 is 0 Å². The summed E-state index contributed by atoms with van der Waals surface area (Å²) in [7, 11) is -11.0. The van der Waals surface area contributed by atoms with Gasteiger partial charge in [-0.15, -0.1) is 0 Å². The maximum Gasteiger partial charge on any atom is 0.534 e. The molecule has 4 rings (SSSR count). The van der Waals surface area contributed by atoms with Crippen LogP contribution in [0.3, 0.4) is 0 Å². The van der Waals surface area contributed by atoms with Crippen LogP contribution in [0.1, 0.15) is 63.3 Å². The highest BCUT2D eigenvalue weighted by atomic mass is 32.2. The zero-order valence-corrected chi connectivity index (χ0v) is 49.0. The molecular weight excluding hydrogens is 998 g/mol. The van der Waals surface area contributed by atoms with Gasteiger partial charge in [0.2, 0.25) is 0 Å². The highest BCUT2D eigenvalue weighted by Gasteiger charge is 2.48. The molecule has 0 fully saturated rings. The highest BCUT2D eigenvalue weighted by Crippen LogP contribution is 2.38. The second-order valence-corrected chi connectivity index (χ2v) is 44.8. The van der Waals surface area contributed by atoms with Crippen molar-refractivity contribution in [1.82, 2.24) is 29.5 Å². The van der Waals surface area contributed by atoms with E-state index in [-0.39, 0.29) is 34.9 Å². The van der Waals surface area contributed by atoms with E-state index in [0.29, 0.717) is 48.7 Å². The van der Waals surface area contributed by atoms with Gasteiger partial charge in [0.25, 0.3) is 0 Å². The number of pyridine rings is 2. The Kier molecular flexibility index (Phi) is 20.8. The predicted molar refractivity (Wildman–Crippen MR) is 279 cm³/mol. The van der Waals surface area contributed by atoms with Gasteiger partial charge < -0.3 is 37.9 Å². The smallest absolute Gasteiger partial charge is 0.465 e. The molecule has 0 bridgehead atoms. The molecule has 17 nitrogen and oxygen atoms in total. The second kappa shape index (κ2) is 24.2. The molecular formula is C45H77F3N8O9SSi4. The van der Waals surface area contributed by atoms with Crippen molar-refractivity contribution in [3.63, 3.8) is 0 Å². The minimum absolute atomic E-state index is 0.0339. The lowest BCUT2D eigenvalue weighted by Gasteiger charge is -2.36. The van der Waals surface area contributed by atoms with Gasteiger partial charge >= 0.3 is 21.6 Å². The standard InChI is InChI=1S/C23H40N4O4Si2.C22H37F3N4O5SSi2/c1-23(2,3)33(8,9)31-16-19-14-18(22(28)29-4)15-21(24-19)25-20-10-11-27(26-20)17-30-12-13-32(5,6)7;1-21(2,3)37(7,8)33-15-17-13-18(34-35(30,31)22(23,24)25)14-20(26-17)27-19-9-10-29(28-19)16-32-11-12-36(4,5)6/h10-11,14-15H,12-13,16-17H2,1-9H3,(H,24,25,26);9-10,13-14H,11-12,15-16H2,1-8H3,(H,26,27,28). The number of nitrogens with one attached hydrogen (secondary N) is 2. The Balaban J connectivity index is 0.000000373. The van der Waals surface area contributed by atoms with Gasteiger partial charge in [0.15, 0.2) is 28.3 Å². The Labute approximate surface area is 417 Å². The van der Waals surface area contributed by atoms with Crippen LogP contribution < -0.4 is 14.8 Å². The van der Waals surface area contributed by atoms with Crippen molar-refractivity contribution in [2.75, 3.05) is 31.0 Å². The van der Waals surface area contributed by atoms with Crippen LogP contribution in [-0.4, -0.2) is 103 Å². The molecule has 394 valence electrons. The Morgan fingerprint density at radius 1 is 0.643 bits per heavy atom. The molecule has 0 aliphatic carbocycles. The first-order chi connectivity index (χ1) is 31.9. The minimum atomic E-state index is -5.86. The largest absolute Gasteiger partial charge is 0.534 e. The molecule has 0 aliphatic rings. The van der Waals surface area contributed by atoms with Crippen LogP contribution in [0.15, 0.2) is 48.8 Å². The predicted octanol–water partition coefficient (Wildman–Crippen LogP) is 11.7. The van der Waals surface area contributed by atoms with E-state index in [1.165, 1.54) is 7.11 Å². The SMILES string of the molecule is CC(C)(C)[Si](C)(C)OCc1cc(OS(=O)(=O)C(F)(F)F)cc(Nc2ccn(COCC[Si](C)(C)C)n2)n1.COC(=O)c1cc(CO[Si](C)(C)C(C)(C)C)nc(Nc2ccn(COCC[Si](C)(C)C)n2)c1. The molecule has 4 heterocycles. The van der Waals surface area contributed by atoms with Crippen LogP contribution in [0.25, 0.3) is 0 Å². The summed E-state index contributed by atoms with van der Waals surface area (Å²) in [5, 5.41) is 14.8. The van der Waals surface area contributed by atoms with Crippen molar-refractivity contribution in [2.24, 2.45) is 0 Å². The Morgan fingerprint density at radius 3 is 1.44 bits per heavy atom. The molecule has 70 heavy (non-hydrogen) atoms. The van der Waals surface area contributed by atoms with Gasteiger partial charge in [-0.1, -0.05) is 80.8 Å². The van der Waals surface area contributed by atoms with E-state index < -0.39 is 60.1 Å². The summed E-state index contributed by atoms with van der Waals surface area (Å²) >= 11 is 0. The molecule has 0 aliphatic heterocycles. The lowest BCUT2D eigenvalue weighted by atomic mass is 10.2. The quantitative estimate of drug-likeness (QED) is 0.0234. The van der Waals surface area contributed by atoms with Crippen molar-refractivity contribution in [3.8, 4) is 5.75 Å². The summed E-state index contributed by atoms with van der Waals surface area (Å²) in [5.74, 6) is 0.557. The third kappa shape index (κ3) is 20.3. The van der Waals surface area contributed by atoms with Crippen molar-refractivity contribution in [1.29, 1.82) is 0 Å². The molecule has 0 amide bonds. The number of carbonyl (C=O) groups is 1. The summed E-state index contributed by atoms with van der Waals surface area (Å²) in [4.78, 5) is 21.2. The molecule has 0 radical (unpaired) electrons. The lowest BCUT2D eigenvalue weighted by Crippen LogP contribution is -2.40. The van der Waals surface area contributed by atoms with Crippen LogP contribution >= 0.6 is 0 Å². The van der Waals surface area contributed by atoms with Crippen molar-refractivity contribution in [2.45, 2.75) is 161 Å². The fraction of sp³-hybridized carbons (Fsp3) is 0.622. The molecule has 0 atom stereocenters. The molecule has 0 spiro atoms. The normalized spacial score (nSPS) is 13.1. The number of methoxy groups -OCH3 is 1. The molecule has 25 heteroatoms. The maximum atomic E-state index is 12.9. The summed E-state index contributed by atoms with van der Waals surface area (Å²) < 4.78 is 98.3. The van der Waals surface area contributed by atoms with E-state index in [0.717, 1.165) is 30.8 Å². The fourth-order valence-corrected chi connectivity index (χ4v) is 9.00. The average molecular weight is 1080 g/mol. The molecule has 0 saturated carbocycles. The summed E-state index contributed by atoms with van der Waals surface area (Å²) in [5.41, 5.74) is -4.29. The number of anilines is 4. The van der Waals surface area contributed by atoms with E-state index in [4.69, 9.17) is 23.1 Å². The van der Waals surface area contributed by atoms with Gasteiger partial charge in [0.05, 0.1) is 37.3 Å². The summed E-state index contributed by atoms with van der Waals surface area (Å²) in [6.07, 6.45) is 3.52. The Morgan fingerprint density at radius 2 is 1.06 bits per heavy atom. The topological polar surface area (TPSA) is 192 Å². The lowest BCUT2D eigenvalue weighted by molar-refractivity contribution is -0.0500. The van der Waals surface area contributed by atoms with Crippen LogP contribution in [0.4, 0.5) is 36.4 Å². The molecule has 0 aromatic carbocycles. The van der Waals surface area contributed by atoms with Gasteiger partial charge in [0, 0.05) is 66.0 Å². The zero-order chi connectivity index (χ0) is 53.1. The van der Waals surface area contributed by atoms with Gasteiger partial charge in [0.1, 0.15) is 30.8 Å². The molecule has 0 saturated heterocycles. The van der Waals surface area contributed by atoms with Crippen molar-refractivity contribution in [3.05, 3.63) is 65.7 Å². The number of ether oxygens (including phenoxy) is 3. The first-order valence-corrected chi connectivity index (χ1v) is 37.7. The van der Waals surface area contributed by atoms with Gasteiger partial charge in [-0.2, -0.15) is 31.8 Å². The third-order valence-electron chi connectivity index (χ3n) is 11.6. The van der Waals surface area contributed by atoms with Crippen LogP contribution in [0.5, 0.6) is 5.75 Å². The number of halogens is 3. The van der Waals surface area contributed by atoms with E-state index in [9.17, 15) is 26.4 Å². The van der Waals surface area contributed by atoms with E-state index in [2.05, 4.69) is 108 Å². The Bertz CT molecular complexity index is 2430. The number of aromatic nitrogens is 6. The number of hydrogen-bond acceptors (Lipinski definition) is 15. The van der Waals surface area contributed by atoms with Crippen LogP contribution in [0, 0.1) is 0 Å². The molecule has 4 aromatic rings. The number of rotatable bonds is 23. The maximum absolute atomic E-state index is 12.9. The summed E-state index contributed by atoms with van der Waals surface area (Å²) in [6.45, 7) is 37.1. The van der Waals surface area contributed by atoms with E-state index in [1.54, 1.807) is 33.8 Å². The van der Waals surface area contributed by atoms with Crippen molar-refractivity contribution < 1.29 is 53.6 Å². The van der Waals surface area contributed by atoms with E-state index in [1.807, 2.05) is 46.1 Å². The third-order valence-corrected chi connectivity index (χ3v) is 25.0. The minimum Gasteiger partial charge on any atom is -0.465 e. The highest BCUT2D eigenvalue weighted by molar-refractivity contribution is 7.88. The van der Waals surface area contributed by atoms with Gasteiger partial charge in [-0.3, -0.25) is 0 Å². The molecule has 2 N–H and O–H groups in total. The Hall–Kier alpha value is -3.96. The number of nitrogens with zero attached hydrogens (tertiary/aromatic N) is 6. The number of hydrogen-bond donors (Lipinski definition) is 2.